The molecule has 94 valence electrons. The van der Waals surface area contributed by atoms with E-state index in [0.717, 1.165) is 6.20 Å². The first kappa shape index (κ1) is 13.6. The summed E-state index contributed by atoms with van der Waals surface area (Å²) < 4.78 is 29.7. The molecule has 0 unspecified atom stereocenters. The Morgan fingerprint density at radius 3 is 2.76 bits per heavy atom. The van der Waals surface area contributed by atoms with Crippen molar-refractivity contribution in [1.29, 1.82) is 0 Å². The number of carbonyl (C=O) groups is 1. The zero-order valence-corrected chi connectivity index (χ0v) is 9.67. The number of hydrogen-bond donors (Lipinski definition) is 1. The van der Waals surface area contributed by atoms with Gasteiger partial charge in [0.2, 0.25) is 0 Å². The average Bonchev–Trinajstić information content (AvgIpc) is 2.28. The number of carbonyl (C=O) groups excluding carboxylic acids is 1. The first-order valence-corrected chi connectivity index (χ1v) is 5.28. The van der Waals surface area contributed by atoms with Crippen LogP contribution in [0.15, 0.2) is 6.20 Å². The molecule has 1 heterocycles. The predicted molar refractivity (Wildman–Crippen MR) is 56.4 cm³/mol. The van der Waals surface area contributed by atoms with Gasteiger partial charge in [0.05, 0.1) is 12.5 Å². The number of pyridine rings is 1. The van der Waals surface area contributed by atoms with Crippen LogP contribution in [-0.4, -0.2) is 22.7 Å². The van der Waals surface area contributed by atoms with Crippen molar-refractivity contribution in [3.05, 3.63) is 23.0 Å². The summed E-state index contributed by atoms with van der Waals surface area (Å²) in [7, 11) is 0. The number of rotatable bonds is 4. The lowest BCUT2D eigenvalue weighted by molar-refractivity contribution is 0.0515. The number of nitrogens with zero attached hydrogens (tertiary/aromatic N) is 1. The van der Waals surface area contributed by atoms with Gasteiger partial charge in [-0.3, -0.25) is 0 Å². The molecule has 0 amide bonds. The van der Waals surface area contributed by atoms with Crippen molar-refractivity contribution < 1.29 is 23.4 Å². The summed E-state index contributed by atoms with van der Waals surface area (Å²) in [5.74, 6) is -1.88. The van der Waals surface area contributed by atoms with E-state index in [1.807, 2.05) is 0 Å². The highest BCUT2D eigenvalue weighted by molar-refractivity contribution is 6.17. The Balaban J connectivity index is 3.24. The summed E-state index contributed by atoms with van der Waals surface area (Å²) in [6.07, 6.45) is -2.01. The Morgan fingerprint density at radius 2 is 2.29 bits per heavy atom. The number of aromatic nitrogens is 1. The van der Waals surface area contributed by atoms with E-state index in [-0.39, 0.29) is 18.1 Å². The Kier molecular flexibility index (Phi) is 4.62. The van der Waals surface area contributed by atoms with Crippen molar-refractivity contribution in [2.75, 3.05) is 6.61 Å². The molecule has 1 rings (SSSR count). The quantitative estimate of drug-likeness (QED) is 0.672. The molecular weight excluding hydrogens is 256 g/mol. The molecule has 4 nitrogen and oxygen atoms in total. The van der Waals surface area contributed by atoms with Crippen LogP contribution in [0.1, 0.15) is 35.0 Å². The average molecular weight is 266 g/mol. The molecule has 0 spiro atoms. The minimum Gasteiger partial charge on any atom is -0.505 e. The van der Waals surface area contributed by atoms with Gasteiger partial charge >= 0.3 is 5.97 Å². The third kappa shape index (κ3) is 2.82. The van der Waals surface area contributed by atoms with Crippen molar-refractivity contribution in [3.8, 4) is 5.75 Å². The second-order valence-electron chi connectivity index (χ2n) is 3.04. The topological polar surface area (TPSA) is 59.4 Å². The van der Waals surface area contributed by atoms with Crippen molar-refractivity contribution >= 4 is 17.6 Å². The van der Waals surface area contributed by atoms with E-state index >= 15 is 0 Å². The highest BCUT2D eigenvalue weighted by Crippen LogP contribution is 2.32. The minimum absolute atomic E-state index is 0.0900. The highest BCUT2D eigenvalue weighted by atomic mass is 35.5. The van der Waals surface area contributed by atoms with Crippen LogP contribution in [0.25, 0.3) is 0 Å². The second kappa shape index (κ2) is 5.77. The van der Waals surface area contributed by atoms with Crippen molar-refractivity contribution in [2.45, 2.75) is 19.2 Å². The highest BCUT2D eigenvalue weighted by Gasteiger charge is 2.23. The molecule has 0 fully saturated rings. The molecule has 0 atom stereocenters. The number of hydrogen-bond acceptors (Lipinski definition) is 4. The largest absolute Gasteiger partial charge is 0.505 e. The number of alkyl halides is 3. The van der Waals surface area contributed by atoms with Crippen LogP contribution in [0.4, 0.5) is 8.78 Å². The smallest absolute Gasteiger partial charge is 0.360 e. The molecule has 0 aliphatic carbocycles. The van der Waals surface area contributed by atoms with E-state index in [4.69, 9.17) is 11.6 Å². The van der Waals surface area contributed by atoms with Crippen LogP contribution in [0.2, 0.25) is 0 Å². The van der Waals surface area contributed by atoms with E-state index in [0.29, 0.717) is 0 Å². The molecule has 0 bridgehead atoms. The Labute approximate surface area is 101 Å². The molecule has 0 aromatic carbocycles. The Morgan fingerprint density at radius 1 is 1.65 bits per heavy atom. The molecule has 1 aromatic rings. The van der Waals surface area contributed by atoms with E-state index in [9.17, 15) is 18.7 Å². The molecule has 0 aliphatic rings. The molecule has 1 N–H and O–H groups in total. The molecular formula is C10H10ClF2NO3. The lowest BCUT2D eigenvalue weighted by Gasteiger charge is -2.10. The van der Waals surface area contributed by atoms with E-state index in [2.05, 4.69) is 9.72 Å². The van der Waals surface area contributed by atoms with Gasteiger partial charge < -0.3 is 9.84 Å². The number of esters is 1. The van der Waals surface area contributed by atoms with Gasteiger partial charge in [0.15, 0.2) is 11.4 Å². The van der Waals surface area contributed by atoms with E-state index < -0.39 is 29.4 Å². The number of halogens is 3. The fourth-order valence-corrected chi connectivity index (χ4v) is 1.51. The normalized spacial score (nSPS) is 10.6. The zero-order valence-electron chi connectivity index (χ0n) is 8.91. The van der Waals surface area contributed by atoms with Gasteiger partial charge in [0.1, 0.15) is 0 Å². The van der Waals surface area contributed by atoms with E-state index in [1.54, 1.807) is 6.92 Å². The maximum absolute atomic E-state index is 12.5. The SMILES string of the molecule is CCOC(=O)c1ncc(C(F)F)c(CCl)c1O. The Hall–Kier alpha value is -1.43. The maximum Gasteiger partial charge on any atom is 0.360 e. The minimum atomic E-state index is -2.82. The van der Waals surface area contributed by atoms with Crippen LogP contribution in [0.5, 0.6) is 5.75 Å². The van der Waals surface area contributed by atoms with Crippen LogP contribution < -0.4 is 0 Å². The van der Waals surface area contributed by atoms with Gasteiger partial charge in [-0.25, -0.2) is 18.6 Å². The summed E-state index contributed by atoms with van der Waals surface area (Å²) in [6, 6.07) is 0. The van der Waals surface area contributed by atoms with Crippen LogP contribution >= 0.6 is 11.6 Å². The molecule has 0 aliphatic heterocycles. The third-order valence-corrected chi connectivity index (χ3v) is 2.30. The van der Waals surface area contributed by atoms with Gasteiger partial charge in [-0.15, -0.1) is 11.6 Å². The summed E-state index contributed by atoms with van der Waals surface area (Å²) in [5, 5.41) is 9.63. The molecule has 0 saturated heterocycles. The van der Waals surface area contributed by atoms with Gasteiger partial charge in [0.25, 0.3) is 6.43 Å². The fourth-order valence-electron chi connectivity index (χ4n) is 1.23. The van der Waals surface area contributed by atoms with Gasteiger partial charge in [-0.1, -0.05) is 0 Å². The van der Waals surface area contributed by atoms with Gasteiger partial charge in [-0.2, -0.15) is 0 Å². The Bertz CT molecular complexity index is 426. The summed E-state index contributed by atoms with van der Waals surface area (Å²) in [4.78, 5) is 14.8. The monoisotopic (exact) mass is 265 g/mol. The zero-order chi connectivity index (χ0) is 13.0. The fraction of sp³-hybridized carbons (Fsp3) is 0.400. The van der Waals surface area contributed by atoms with Crippen molar-refractivity contribution in [3.63, 3.8) is 0 Å². The number of ether oxygens (including phenoxy) is 1. The van der Waals surface area contributed by atoms with E-state index in [1.165, 1.54) is 0 Å². The van der Waals surface area contributed by atoms with Crippen LogP contribution in [0.3, 0.4) is 0 Å². The first-order chi connectivity index (χ1) is 8.02. The molecule has 1 aromatic heterocycles. The van der Waals surface area contributed by atoms with Crippen LogP contribution in [0, 0.1) is 0 Å². The third-order valence-electron chi connectivity index (χ3n) is 2.03. The molecule has 0 radical (unpaired) electrons. The standard InChI is InChI=1S/C10H10ClF2NO3/c1-2-17-10(16)7-8(15)5(3-11)6(4-14-7)9(12)13/h4,9,15H,2-3H2,1H3. The summed E-state index contributed by atoms with van der Waals surface area (Å²) >= 11 is 5.46. The first-order valence-electron chi connectivity index (χ1n) is 4.74. The van der Waals surface area contributed by atoms with Crippen LogP contribution in [-0.2, 0) is 10.6 Å². The predicted octanol–water partition coefficient (Wildman–Crippen LogP) is 2.64. The lowest BCUT2D eigenvalue weighted by Crippen LogP contribution is -2.09. The van der Waals surface area contributed by atoms with Gasteiger partial charge in [0, 0.05) is 17.3 Å². The summed E-state index contributed by atoms with van der Waals surface area (Å²) in [5.41, 5.74) is -1.11. The van der Waals surface area contributed by atoms with Crippen molar-refractivity contribution in [1.82, 2.24) is 4.98 Å². The van der Waals surface area contributed by atoms with Gasteiger partial charge in [-0.05, 0) is 6.92 Å². The summed E-state index contributed by atoms with van der Waals surface area (Å²) in [6.45, 7) is 1.66. The molecule has 17 heavy (non-hydrogen) atoms. The van der Waals surface area contributed by atoms with Crippen molar-refractivity contribution in [2.24, 2.45) is 0 Å². The number of aromatic hydroxyl groups is 1. The molecule has 7 heteroatoms. The lowest BCUT2D eigenvalue weighted by atomic mass is 10.1. The maximum atomic E-state index is 12.5. The second-order valence-corrected chi connectivity index (χ2v) is 3.31. The molecule has 0 saturated carbocycles.